The molecule has 1 unspecified atom stereocenters. The number of oxime groups is 1. The van der Waals surface area contributed by atoms with Crippen LogP contribution in [-0.2, 0) is 4.74 Å². The molecule has 1 aliphatic rings. The van der Waals surface area contributed by atoms with Crippen LogP contribution in [0.5, 0.6) is 0 Å². The van der Waals surface area contributed by atoms with Crippen LogP contribution in [0.1, 0.15) is 39.5 Å². The van der Waals surface area contributed by atoms with Gasteiger partial charge in [0.1, 0.15) is 5.84 Å². The monoisotopic (exact) mass is 257 g/mol. The van der Waals surface area contributed by atoms with E-state index < -0.39 is 0 Å². The van der Waals surface area contributed by atoms with Crippen molar-refractivity contribution in [2.24, 2.45) is 16.3 Å². The Balaban J connectivity index is 2.16. The number of methoxy groups -OCH3 is 1. The lowest BCUT2D eigenvalue weighted by Crippen LogP contribution is -2.32. The Morgan fingerprint density at radius 2 is 2.22 bits per heavy atom. The van der Waals surface area contributed by atoms with Gasteiger partial charge in [-0.05, 0) is 25.8 Å². The third kappa shape index (κ3) is 4.46. The fourth-order valence-corrected chi connectivity index (χ4v) is 2.36. The molecule has 5 nitrogen and oxygen atoms in total. The molecule has 3 N–H and O–H groups in total. The molecule has 5 heteroatoms. The van der Waals surface area contributed by atoms with Gasteiger partial charge in [0, 0.05) is 25.6 Å². The number of amidine groups is 1. The number of nitrogens with two attached hydrogens (primary N) is 1. The summed E-state index contributed by atoms with van der Waals surface area (Å²) in [5, 5.41) is 11.8. The zero-order valence-corrected chi connectivity index (χ0v) is 11.9. The second-order valence-corrected chi connectivity index (χ2v) is 5.77. The van der Waals surface area contributed by atoms with Gasteiger partial charge in [0.05, 0.1) is 6.10 Å². The van der Waals surface area contributed by atoms with Gasteiger partial charge in [0.15, 0.2) is 0 Å². The van der Waals surface area contributed by atoms with E-state index in [9.17, 15) is 0 Å². The summed E-state index contributed by atoms with van der Waals surface area (Å²) in [5.41, 5.74) is 5.45. The first-order valence-corrected chi connectivity index (χ1v) is 6.72. The van der Waals surface area contributed by atoms with Gasteiger partial charge in [-0.3, -0.25) is 0 Å². The smallest absolute Gasteiger partial charge is 0.144 e. The molecule has 0 aromatic carbocycles. The number of hydrogen-bond acceptors (Lipinski definition) is 4. The first kappa shape index (κ1) is 15.2. The highest BCUT2D eigenvalue weighted by Crippen LogP contribution is 2.23. The van der Waals surface area contributed by atoms with Gasteiger partial charge in [-0.25, -0.2) is 0 Å². The van der Waals surface area contributed by atoms with E-state index in [0.29, 0.717) is 11.9 Å². The van der Waals surface area contributed by atoms with E-state index in [4.69, 9.17) is 15.7 Å². The summed E-state index contributed by atoms with van der Waals surface area (Å²) in [7, 11) is 1.79. The van der Waals surface area contributed by atoms with Crippen molar-refractivity contribution in [3.05, 3.63) is 0 Å². The zero-order valence-electron chi connectivity index (χ0n) is 11.9. The van der Waals surface area contributed by atoms with Crippen LogP contribution in [-0.4, -0.2) is 48.8 Å². The summed E-state index contributed by atoms with van der Waals surface area (Å²) in [5.74, 6) is 0.322. The molecule has 1 atom stereocenters. The third-order valence-corrected chi connectivity index (χ3v) is 3.89. The normalized spacial score (nSPS) is 22.6. The molecule has 1 rings (SSSR count). The Bertz CT molecular complexity index is 279. The Kier molecular flexibility index (Phi) is 5.88. The zero-order chi connectivity index (χ0) is 13.6. The number of hydrogen-bond donors (Lipinski definition) is 2. The average molecular weight is 257 g/mol. The lowest BCUT2D eigenvalue weighted by atomic mass is 9.86. The highest BCUT2D eigenvalue weighted by molar-refractivity contribution is 5.85. The van der Waals surface area contributed by atoms with Crippen molar-refractivity contribution in [3.8, 4) is 0 Å². The first-order valence-electron chi connectivity index (χ1n) is 6.72. The molecular formula is C13H27N3O2. The van der Waals surface area contributed by atoms with Crippen molar-refractivity contribution < 1.29 is 9.94 Å². The molecular weight excluding hydrogens is 230 g/mol. The van der Waals surface area contributed by atoms with E-state index in [2.05, 4.69) is 10.1 Å². The van der Waals surface area contributed by atoms with E-state index in [0.717, 1.165) is 45.3 Å². The molecule has 0 aliphatic carbocycles. The SMILES string of the molecule is COC1CCN(CCCCC(C)(C)C(N)=NO)C1. The largest absolute Gasteiger partial charge is 0.409 e. The number of likely N-dealkylation sites (tertiary alicyclic amines) is 1. The molecule has 1 saturated heterocycles. The van der Waals surface area contributed by atoms with Gasteiger partial charge in [0.2, 0.25) is 0 Å². The Labute approximate surface area is 110 Å². The van der Waals surface area contributed by atoms with Crippen LogP contribution in [0.25, 0.3) is 0 Å². The van der Waals surface area contributed by atoms with Gasteiger partial charge in [-0.1, -0.05) is 25.4 Å². The summed E-state index contributed by atoms with van der Waals surface area (Å²) >= 11 is 0. The van der Waals surface area contributed by atoms with Crippen molar-refractivity contribution in [2.45, 2.75) is 45.6 Å². The summed E-state index contributed by atoms with van der Waals surface area (Å²) in [4.78, 5) is 2.45. The Hall–Kier alpha value is -0.810. The van der Waals surface area contributed by atoms with Crippen molar-refractivity contribution in [3.63, 3.8) is 0 Å². The molecule has 0 spiro atoms. The fraction of sp³-hybridized carbons (Fsp3) is 0.923. The van der Waals surface area contributed by atoms with Crippen LogP contribution < -0.4 is 5.73 Å². The predicted octanol–water partition coefficient (Wildman–Crippen LogP) is 1.65. The van der Waals surface area contributed by atoms with Crippen LogP contribution in [0.15, 0.2) is 5.16 Å². The molecule has 0 saturated carbocycles. The van der Waals surface area contributed by atoms with Crippen LogP contribution in [0.3, 0.4) is 0 Å². The van der Waals surface area contributed by atoms with E-state index in [1.807, 2.05) is 13.8 Å². The average Bonchev–Trinajstić information content (AvgIpc) is 2.81. The summed E-state index contributed by atoms with van der Waals surface area (Å²) in [6.45, 7) is 7.34. The van der Waals surface area contributed by atoms with Crippen LogP contribution in [0.2, 0.25) is 0 Å². The minimum absolute atomic E-state index is 0.213. The molecule has 106 valence electrons. The third-order valence-electron chi connectivity index (χ3n) is 3.89. The number of ether oxygens (including phenoxy) is 1. The Morgan fingerprint density at radius 1 is 1.50 bits per heavy atom. The lowest BCUT2D eigenvalue weighted by molar-refractivity contribution is 0.108. The highest BCUT2D eigenvalue weighted by Gasteiger charge is 2.24. The molecule has 0 aromatic heterocycles. The highest BCUT2D eigenvalue weighted by atomic mass is 16.5. The molecule has 0 radical (unpaired) electrons. The predicted molar refractivity (Wildman–Crippen MR) is 72.9 cm³/mol. The number of rotatable bonds is 7. The molecule has 0 bridgehead atoms. The lowest BCUT2D eigenvalue weighted by Gasteiger charge is -2.23. The van der Waals surface area contributed by atoms with Crippen LogP contribution in [0, 0.1) is 5.41 Å². The topological polar surface area (TPSA) is 71.1 Å². The molecule has 1 heterocycles. The molecule has 1 fully saturated rings. The Morgan fingerprint density at radius 3 is 2.78 bits per heavy atom. The van der Waals surface area contributed by atoms with Crippen molar-refractivity contribution in [1.29, 1.82) is 0 Å². The summed E-state index contributed by atoms with van der Waals surface area (Å²) < 4.78 is 5.35. The summed E-state index contributed by atoms with van der Waals surface area (Å²) in [6.07, 6.45) is 4.76. The molecule has 1 aliphatic heterocycles. The molecule has 0 amide bonds. The van der Waals surface area contributed by atoms with E-state index in [-0.39, 0.29) is 5.41 Å². The van der Waals surface area contributed by atoms with Crippen LogP contribution in [0.4, 0.5) is 0 Å². The van der Waals surface area contributed by atoms with Gasteiger partial charge in [0.25, 0.3) is 0 Å². The van der Waals surface area contributed by atoms with Crippen molar-refractivity contribution in [2.75, 3.05) is 26.7 Å². The standard InChI is InChI=1S/C13H27N3O2/c1-13(2,12(14)15-17)7-4-5-8-16-9-6-11(10-16)18-3/h11,17H,4-10H2,1-3H3,(H2,14,15). The maximum Gasteiger partial charge on any atom is 0.144 e. The maximum atomic E-state index is 8.70. The fourth-order valence-electron chi connectivity index (χ4n) is 2.36. The van der Waals surface area contributed by atoms with Gasteiger partial charge in [-0.15, -0.1) is 0 Å². The van der Waals surface area contributed by atoms with Gasteiger partial charge >= 0.3 is 0 Å². The second-order valence-electron chi connectivity index (χ2n) is 5.77. The quantitative estimate of drug-likeness (QED) is 0.239. The summed E-state index contributed by atoms with van der Waals surface area (Å²) in [6, 6.07) is 0. The minimum Gasteiger partial charge on any atom is -0.409 e. The van der Waals surface area contributed by atoms with Crippen molar-refractivity contribution in [1.82, 2.24) is 4.90 Å². The maximum absolute atomic E-state index is 8.70. The molecule has 18 heavy (non-hydrogen) atoms. The van der Waals surface area contributed by atoms with Gasteiger partial charge < -0.3 is 20.6 Å². The second kappa shape index (κ2) is 6.95. The number of nitrogens with zero attached hydrogens (tertiary/aromatic N) is 2. The van der Waals surface area contributed by atoms with Gasteiger partial charge in [-0.2, -0.15) is 0 Å². The molecule has 0 aromatic rings. The first-order chi connectivity index (χ1) is 8.49. The van der Waals surface area contributed by atoms with Crippen molar-refractivity contribution >= 4 is 5.84 Å². The van der Waals surface area contributed by atoms with E-state index in [1.165, 1.54) is 0 Å². The van der Waals surface area contributed by atoms with E-state index >= 15 is 0 Å². The van der Waals surface area contributed by atoms with Crippen LogP contribution >= 0.6 is 0 Å². The number of unbranched alkanes of at least 4 members (excludes halogenated alkanes) is 1. The van der Waals surface area contributed by atoms with E-state index in [1.54, 1.807) is 7.11 Å². The minimum atomic E-state index is -0.213.